The molecule has 2 aromatic carbocycles. The zero-order valence-corrected chi connectivity index (χ0v) is 16.2. The van der Waals surface area contributed by atoms with Crippen molar-refractivity contribution in [1.82, 2.24) is 4.31 Å². The molecule has 1 heterocycles. The Morgan fingerprint density at radius 1 is 1.07 bits per heavy atom. The number of amides is 1. The van der Waals surface area contributed by atoms with Crippen molar-refractivity contribution in [2.75, 3.05) is 5.32 Å². The third kappa shape index (κ3) is 4.20. The van der Waals surface area contributed by atoms with Gasteiger partial charge in [-0.2, -0.15) is 4.31 Å². The Morgan fingerprint density at radius 2 is 1.70 bits per heavy atom. The Labute approximate surface area is 159 Å². The van der Waals surface area contributed by atoms with E-state index in [1.807, 2.05) is 13.8 Å². The molecule has 1 amide bonds. The van der Waals surface area contributed by atoms with Crippen molar-refractivity contribution in [3.05, 3.63) is 59.9 Å². The fourth-order valence-corrected chi connectivity index (χ4v) is 5.42. The molecule has 2 aromatic rings. The van der Waals surface area contributed by atoms with Crippen LogP contribution in [0.5, 0.6) is 0 Å². The molecular weight excluding hydrogens is 367 g/mol. The van der Waals surface area contributed by atoms with Crippen molar-refractivity contribution >= 4 is 21.6 Å². The second kappa shape index (κ2) is 7.78. The van der Waals surface area contributed by atoms with Gasteiger partial charge in [0.1, 0.15) is 5.82 Å². The Kier molecular flexibility index (Phi) is 5.62. The van der Waals surface area contributed by atoms with Crippen molar-refractivity contribution in [3.63, 3.8) is 0 Å². The molecule has 3 rings (SSSR count). The lowest BCUT2D eigenvalue weighted by Gasteiger charge is -2.37. The number of benzene rings is 2. The quantitative estimate of drug-likeness (QED) is 0.857. The van der Waals surface area contributed by atoms with Gasteiger partial charge in [0.15, 0.2) is 0 Å². The standard InChI is InChI=1S/C20H23FN2O3S/c1-14-5-3-6-15(2)23(14)27(25,26)19-11-9-18(10-12-19)22-20(24)16-7-4-8-17(21)13-16/h4,7-15H,3,5-6H2,1-2H3,(H,22,24). The zero-order chi connectivity index (χ0) is 19.6. The number of carbonyl (C=O) groups is 1. The van der Waals surface area contributed by atoms with Crippen molar-refractivity contribution in [2.24, 2.45) is 0 Å². The third-order valence-corrected chi connectivity index (χ3v) is 7.03. The molecule has 0 aromatic heterocycles. The van der Waals surface area contributed by atoms with E-state index >= 15 is 0 Å². The highest BCUT2D eigenvalue weighted by molar-refractivity contribution is 7.89. The number of nitrogens with one attached hydrogen (secondary N) is 1. The second-order valence-electron chi connectivity index (χ2n) is 6.95. The number of halogens is 1. The lowest BCUT2D eigenvalue weighted by atomic mass is 10.0. The normalized spacial score (nSPS) is 21.0. The van der Waals surface area contributed by atoms with E-state index in [1.54, 1.807) is 16.4 Å². The minimum Gasteiger partial charge on any atom is -0.322 e. The van der Waals surface area contributed by atoms with Crippen LogP contribution in [0.15, 0.2) is 53.4 Å². The van der Waals surface area contributed by atoms with E-state index < -0.39 is 21.7 Å². The summed E-state index contributed by atoms with van der Waals surface area (Å²) < 4.78 is 40.8. The zero-order valence-electron chi connectivity index (χ0n) is 15.4. The van der Waals surface area contributed by atoms with Gasteiger partial charge in [0, 0.05) is 23.3 Å². The van der Waals surface area contributed by atoms with Crippen LogP contribution in [0.4, 0.5) is 10.1 Å². The van der Waals surface area contributed by atoms with Crippen molar-refractivity contribution in [2.45, 2.75) is 50.1 Å². The molecule has 5 nitrogen and oxygen atoms in total. The Morgan fingerprint density at radius 3 is 2.30 bits per heavy atom. The van der Waals surface area contributed by atoms with Crippen LogP contribution in [-0.2, 0) is 10.0 Å². The number of nitrogens with zero attached hydrogens (tertiary/aromatic N) is 1. The molecule has 144 valence electrons. The maximum atomic E-state index is 13.2. The van der Waals surface area contributed by atoms with Gasteiger partial charge >= 0.3 is 0 Å². The minimum atomic E-state index is -3.59. The molecule has 7 heteroatoms. The number of hydrogen-bond acceptors (Lipinski definition) is 3. The molecule has 1 saturated heterocycles. The molecule has 27 heavy (non-hydrogen) atoms. The van der Waals surface area contributed by atoms with E-state index in [1.165, 1.54) is 30.3 Å². The van der Waals surface area contributed by atoms with Crippen molar-refractivity contribution < 1.29 is 17.6 Å². The largest absolute Gasteiger partial charge is 0.322 e. The average Bonchev–Trinajstić information content (AvgIpc) is 2.62. The predicted octanol–water partition coefficient (Wildman–Crippen LogP) is 4.03. The average molecular weight is 390 g/mol. The molecule has 2 unspecified atom stereocenters. The number of piperidine rings is 1. The van der Waals surface area contributed by atoms with Crippen molar-refractivity contribution in [1.29, 1.82) is 0 Å². The molecule has 2 atom stereocenters. The first-order valence-electron chi connectivity index (χ1n) is 8.99. The lowest BCUT2D eigenvalue weighted by molar-refractivity contribution is 0.102. The number of sulfonamides is 1. The van der Waals surface area contributed by atoms with Crippen LogP contribution in [0.2, 0.25) is 0 Å². The van der Waals surface area contributed by atoms with Crippen LogP contribution in [0.1, 0.15) is 43.5 Å². The summed E-state index contributed by atoms with van der Waals surface area (Å²) in [6.07, 6.45) is 2.73. The summed E-state index contributed by atoms with van der Waals surface area (Å²) in [7, 11) is -3.59. The van der Waals surface area contributed by atoms with E-state index in [9.17, 15) is 17.6 Å². The van der Waals surface area contributed by atoms with E-state index in [2.05, 4.69) is 5.32 Å². The highest BCUT2D eigenvalue weighted by Crippen LogP contribution is 2.30. The highest BCUT2D eigenvalue weighted by Gasteiger charge is 2.35. The second-order valence-corrected chi connectivity index (χ2v) is 8.80. The lowest BCUT2D eigenvalue weighted by Crippen LogP contribution is -2.47. The van der Waals surface area contributed by atoms with E-state index in [0.717, 1.165) is 25.3 Å². The van der Waals surface area contributed by atoms with Gasteiger partial charge in [0.2, 0.25) is 10.0 Å². The Hall–Kier alpha value is -2.25. The first-order valence-corrected chi connectivity index (χ1v) is 10.4. The molecular formula is C20H23FN2O3S. The fraction of sp³-hybridized carbons (Fsp3) is 0.350. The number of rotatable bonds is 4. The van der Waals surface area contributed by atoms with E-state index in [-0.39, 0.29) is 22.5 Å². The molecule has 0 saturated carbocycles. The summed E-state index contributed by atoms with van der Waals surface area (Å²) in [5, 5.41) is 2.65. The molecule has 0 spiro atoms. The molecule has 1 N–H and O–H groups in total. The first kappa shape index (κ1) is 19.5. The topological polar surface area (TPSA) is 66.5 Å². The van der Waals surface area contributed by atoms with Gasteiger partial charge in [-0.25, -0.2) is 12.8 Å². The van der Waals surface area contributed by atoms with Crippen LogP contribution in [0.3, 0.4) is 0 Å². The van der Waals surface area contributed by atoms with Crippen LogP contribution in [-0.4, -0.2) is 30.7 Å². The number of carbonyl (C=O) groups excluding carboxylic acids is 1. The minimum absolute atomic E-state index is 0.0360. The Balaban J connectivity index is 1.77. The van der Waals surface area contributed by atoms with Crippen LogP contribution in [0, 0.1) is 5.82 Å². The van der Waals surface area contributed by atoms with E-state index in [0.29, 0.717) is 5.69 Å². The van der Waals surface area contributed by atoms with Gasteiger partial charge in [-0.05, 0) is 69.2 Å². The van der Waals surface area contributed by atoms with Crippen LogP contribution >= 0.6 is 0 Å². The Bertz CT molecular complexity index is 918. The summed E-state index contributed by atoms with van der Waals surface area (Å²) >= 11 is 0. The molecule has 0 bridgehead atoms. The van der Waals surface area contributed by atoms with E-state index in [4.69, 9.17) is 0 Å². The summed E-state index contributed by atoms with van der Waals surface area (Å²) in [5.74, 6) is -0.947. The number of anilines is 1. The first-order chi connectivity index (χ1) is 12.8. The number of hydrogen-bond donors (Lipinski definition) is 1. The SMILES string of the molecule is CC1CCCC(C)N1S(=O)(=O)c1ccc(NC(=O)c2cccc(F)c2)cc1. The summed E-state index contributed by atoms with van der Waals surface area (Å²) in [5.41, 5.74) is 0.644. The molecule has 1 aliphatic heterocycles. The van der Waals surface area contributed by atoms with Gasteiger partial charge in [-0.1, -0.05) is 12.5 Å². The smallest absolute Gasteiger partial charge is 0.255 e. The maximum absolute atomic E-state index is 13.2. The van der Waals surface area contributed by atoms with Gasteiger partial charge in [-0.3, -0.25) is 4.79 Å². The van der Waals surface area contributed by atoms with Crippen LogP contribution in [0.25, 0.3) is 0 Å². The van der Waals surface area contributed by atoms with Crippen LogP contribution < -0.4 is 5.32 Å². The summed E-state index contributed by atoms with van der Waals surface area (Å²) in [4.78, 5) is 12.4. The van der Waals surface area contributed by atoms with Gasteiger partial charge in [0.25, 0.3) is 5.91 Å². The fourth-order valence-electron chi connectivity index (χ4n) is 3.54. The highest BCUT2D eigenvalue weighted by atomic mass is 32.2. The molecule has 0 aliphatic carbocycles. The van der Waals surface area contributed by atoms with Crippen molar-refractivity contribution in [3.8, 4) is 0 Å². The third-order valence-electron chi connectivity index (χ3n) is 4.89. The van der Waals surface area contributed by atoms with Gasteiger partial charge in [0.05, 0.1) is 4.90 Å². The summed E-state index contributed by atoms with van der Waals surface area (Å²) in [6, 6.07) is 11.4. The monoisotopic (exact) mass is 390 g/mol. The predicted molar refractivity (Wildman–Crippen MR) is 103 cm³/mol. The summed E-state index contributed by atoms with van der Waals surface area (Å²) in [6.45, 7) is 3.86. The molecule has 1 fully saturated rings. The molecule has 1 aliphatic rings. The van der Waals surface area contributed by atoms with Gasteiger partial charge in [-0.15, -0.1) is 0 Å². The van der Waals surface area contributed by atoms with Gasteiger partial charge < -0.3 is 5.32 Å². The molecule has 0 radical (unpaired) electrons. The maximum Gasteiger partial charge on any atom is 0.255 e.